The van der Waals surface area contributed by atoms with Crippen molar-refractivity contribution in [2.45, 2.75) is 0 Å². The van der Waals surface area contributed by atoms with Crippen LogP contribution in [0.4, 0.5) is 10.2 Å². The molecule has 1 aromatic rings. The van der Waals surface area contributed by atoms with Gasteiger partial charge < -0.3 is 10.6 Å². The number of hydrogen-bond donors (Lipinski definition) is 1. The van der Waals surface area contributed by atoms with E-state index in [0.717, 1.165) is 0 Å². The van der Waals surface area contributed by atoms with Gasteiger partial charge in [-0.05, 0) is 18.2 Å². The Morgan fingerprint density at radius 3 is 3.00 bits per heavy atom. The van der Waals surface area contributed by atoms with E-state index in [2.05, 4.69) is 4.98 Å². The number of nitrogens with zero attached hydrogens (tertiary/aromatic N) is 2. The summed E-state index contributed by atoms with van der Waals surface area (Å²) in [4.78, 5) is 15.8. The van der Waals surface area contributed by atoms with Crippen LogP contribution in [0.2, 0.25) is 0 Å². The van der Waals surface area contributed by atoms with Gasteiger partial charge in [0.05, 0.1) is 5.70 Å². The third-order valence-corrected chi connectivity index (χ3v) is 1.80. The molecule has 84 valence electrons. The predicted octanol–water partition coefficient (Wildman–Crippen LogP) is 1.21. The summed E-state index contributed by atoms with van der Waals surface area (Å²) in [7, 11) is 1.71. The lowest BCUT2D eigenvalue weighted by atomic mass is 10.4. The Balaban J connectivity index is 2.72. The molecular formula is C11H12FN3O. The summed E-state index contributed by atoms with van der Waals surface area (Å²) in [6.45, 7) is 0. The first kappa shape index (κ1) is 11.9. The number of nitrogens with two attached hydrogens (primary N) is 1. The predicted molar refractivity (Wildman–Crippen MR) is 60.1 cm³/mol. The van der Waals surface area contributed by atoms with Gasteiger partial charge in [-0.25, -0.2) is 9.37 Å². The van der Waals surface area contributed by atoms with E-state index in [1.165, 1.54) is 24.4 Å². The van der Waals surface area contributed by atoms with Crippen LogP contribution in [0.1, 0.15) is 0 Å². The van der Waals surface area contributed by atoms with Gasteiger partial charge >= 0.3 is 0 Å². The number of allylic oxidation sites excluding steroid dienone is 3. The highest BCUT2D eigenvalue weighted by Gasteiger charge is 1.98. The summed E-state index contributed by atoms with van der Waals surface area (Å²) in [5.41, 5.74) is 5.39. The van der Waals surface area contributed by atoms with Crippen molar-refractivity contribution in [3.63, 3.8) is 0 Å². The lowest BCUT2D eigenvalue weighted by Gasteiger charge is -2.11. The number of rotatable bonds is 4. The molecule has 0 radical (unpaired) electrons. The summed E-state index contributed by atoms with van der Waals surface area (Å²) >= 11 is 0. The van der Waals surface area contributed by atoms with Crippen molar-refractivity contribution < 1.29 is 9.18 Å². The number of hydrogen-bond acceptors (Lipinski definition) is 4. The van der Waals surface area contributed by atoms with Crippen molar-refractivity contribution >= 4 is 12.1 Å². The van der Waals surface area contributed by atoms with Crippen LogP contribution in [0.5, 0.6) is 0 Å². The number of carbonyl (C=O) groups excluding carboxylic acids is 1. The van der Waals surface area contributed by atoms with Crippen molar-refractivity contribution in [3.05, 3.63) is 48.2 Å². The molecule has 0 aliphatic heterocycles. The van der Waals surface area contributed by atoms with Gasteiger partial charge in [-0.1, -0.05) is 0 Å². The first-order chi connectivity index (χ1) is 7.63. The van der Waals surface area contributed by atoms with Crippen molar-refractivity contribution in [2.75, 3.05) is 11.9 Å². The number of anilines is 1. The zero-order chi connectivity index (χ0) is 12.0. The lowest BCUT2D eigenvalue weighted by Crippen LogP contribution is -2.09. The van der Waals surface area contributed by atoms with Crippen molar-refractivity contribution in [2.24, 2.45) is 5.73 Å². The molecule has 0 saturated carbocycles. The molecule has 0 aliphatic carbocycles. The fraction of sp³-hybridized carbons (Fsp3) is 0.0909. The van der Waals surface area contributed by atoms with E-state index in [9.17, 15) is 9.18 Å². The number of halogens is 1. The van der Waals surface area contributed by atoms with E-state index in [4.69, 9.17) is 5.73 Å². The van der Waals surface area contributed by atoms with Crippen LogP contribution < -0.4 is 10.6 Å². The SMILES string of the molecule is CN(/C=C\C=C(\N)C=O)c1cc(F)ccn1. The Bertz CT molecular complexity index is 429. The quantitative estimate of drug-likeness (QED) is 0.471. The molecule has 0 atom stereocenters. The molecule has 0 amide bonds. The molecule has 0 fully saturated rings. The second-order valence-corrected chi connectivity index (χ2v) is 3.07. The zero-order valence-corrected chi connectivity index (χ0v) is 8.80. The number of pyridine rings is 1. The maximum atomic E-state index is 12.9. The first-order valence-electron chi connectivity index (χ1n) is 4.57. The van der Waals surface area contributed by atoms with Crippen LogP contribution in [0.25, 0.3) is 0 Å². The molecule has 0 aliphatic rings. The Morgan fingerprint density at radius 1 is 1.62 bits per heavy atom. The molecule has 2 N–H and O–H groups in total. The Labute approximate surface area is 92.9 Å². The number of aromatic nitrogens is 1. The van der Waals surface area contributed by atoms with Gasteiger partial charge in [0.25, 0.3) is 0 Å². The fourth-order valence-electron chi connectivity index (χ4n) is 0.985. The minimum atomic E-state index is -0.354. The largest absolute Gasteiger partial charge is 0.396 e. The molecule has 1 aromatic heterocycles. The van der Waals surface area contributed by atoms with Crippen LogP contribution in [-0.2, 0) is 4.79 Å². The van der Waals surface area contributed by atoms with Gasteiger partial charge in [0, 0.05) is 25.5 Å². The topological polar surface area (TPSA) is 59.2 Å². The summed E-state index contributed by atoms with van der Waals surface area (Å²) in [5.74, 6) is 0.113. The molecule has 0 bridgehead atoms. The maximum Gasteiger partial charge on any atom is 0.165 e. The van der Waals surface area contributed by atoms with Crippen molar-refractivity contribution in [3.8, 4) is 0 Å². The van der Waals surface area contributed by atoms with E-state index in [1.807, 2.05) is 0 Å². The van der Waals surface area contributed by atoms with Gasteiger partial charge in [0.1, 0.15) is 11.6 Å². The summed E-state index contributed by atoms with van der Waals surface area (Å²) in [6, 6.07) is 2.57. The number of aldehydes is 1. The molecule has 0 aromatic carbocycles. The van der Waals surface area contributed by atoms with E-state index >= 15 is 0 Å². The van der Waals surface area contributed by atoms with E-state index in [1.54, 1.807) is 24.2 Å². The molecule has 0 unspecified atom stereocenters. The molecule has 1 rings (SSSR count). The van der Waals surface area contributed by atoms with Gasteiger partial charge in [0.15, 0.2) is 6.29 Å². The van der Waals surface area contributed by atoms with Crippen molar-refractivity contribution in [1.29, 1.82) is 0 Å². The van der Waals surface area contributed by atoms with Gasteiger partial charge in [-0.3, -0.25) is 4.79 Å². The van der Waals surface area contributed by atoms with Crippen LogP contribution in [-0.4, -0.2) is 18.3 Å². The second kappa shape index (κ2) is 5.65. The first-order valence-corrected chi connectivity index (χ1v) is 4.57. The van der Waals surface area contributed by atoms with Crippen LogP contribution in [0.15, 0.2) is 42.4 Å². The average Bonchev–Trinajstić information content (AvgIpc) is 2.28. The van der Waals surface area contributed by atoms with Crippen LogP contribution in [0, 0.1) is 5.82 Å². The van der Waals surface area contributed by atoms with E-state index in [0.29, 0.717) is 12.1 Å². The Hall–Kier alpha value is -2.17. The minimum absolute atomic E-state index is 0.122. The monoisotopic (exact) mass is 221 g/mol. The lowest BCUT2D eigenvalue weighted by molar-refractivity contribution is -0.104. The third kappa shape index (κ3) is 3.53. The average molecular weight is 221 g/mol. The maximum absolute atomic E-state index is 12.9. The normalized spacial score (nSPS) is 11.8. The van der Waals surface area contributed by atoms with Crippen LogP contribution in [0.3, 0.4) is 0 Å². The molecule has 1 heterocycles. The summed E-state index contributed by atoms with van der Waals surface area (Å²) in [5, 5.41) is 0. The fourth-order valence-corrected chi connectivity index (χ4v) is 0.985. The van der Waals surface area contributed by atoms with E-state index < -0.39 is 0 Å². The van der Waals surface area contributed by atoms with Crippen molar-refractivity contribution in [1.82, 2.24) is 4.98 Å². The molecule has 16 heavy (non-hydrogen) atoms. The second-order valence-electron chi connectivity index (χ2n) is 3.07. The smallest absolute Gasteiger partial charge is 0.165 e. The van der Waals surface area contributed by atoms with Gasteiger partial charge in [-0.15, -0.1) is 0 Å². The molecule has 4 nitrogen and oxygen atoms in total. The Morgan fingerprint density at radius 2 is 2.38 bits per heavy atom. The number of carbonyl (C=O) groups is 1. The highest BCUT2D eigenvalue weighted by Crippen LogP contribution is 2.09. The van der Waals surface area contributed by atoms with Gasteiger partial charge in [-0.2, -0.15) is 0 Å². The van der Waals surface area contributed by atoms with Crippen LogP contribution >= 0.6 is 0 Å². The highest BCUT2D eigenvalue weighted by atomic mass is 19.1. The summed E-state index contributed by atoms with van der Waals surface area (Å²) < 4.78 is 12.9. The van der Waals surface area contributed by atoms with Gasteiger partial charge in [0.2, 0.25) is 0 Å². The Kier molecular flexibility index (Phi) is 4.20. The molecule has 5 heteroatoms. The molecule has 0 spiro atoms. The van der Waals surface area contributed by atoms with E-state index in [-0.39, 0.29) is 11.5 Å². The highest BCUT2D eigenvalue weighted by molar-refractivity contribution is 5.72. The molecular weight excluding hydrogens is 209 g/mol. The summed E-state index contributed by atoms with van der Waals surface area (Å²) in [6.07, 6.45) is 6.58. The molecule has 0 saturated heterocycles. The third-order valence-electron chi connectivity index (χ3n) is 1.80. The minimum Gasteiger partial charge on any atom is -0.396 e. The standard InChI is InChI=1S/C11H12FN3O/c1-15(6-2-3-10(13)8-16)11-7-9(12)4-5-14-11/h2-8H,13H2,1H3/b6-2-,10-3+. The zero-order valence-electron chi connectivity index (χ0n) is 8.80.